The second-order valence-electron chi connectivity index (χ2n) is 4.20. The zero-order valence-corrected chi connectivity index (χ0v) is 11.8. The fraction of sp³-hybridized carbons (Fsp3) is 0.133. The number of benzene rings is 2. The van der Waals surface area contributed by atoms with E-state index in [1.165, 1.54) is 23.5 Å². The summed E-state index contributed by atoms with van der Waals surface area (Å²) in [5.74, 6) is 1.17. The Kier molecular flexibility index (Phi) is 3.28. The van der Waals surface area contributed by atoms with Crippen molar-refractivity contribution in [2.45, 2.75) is 0 Å². The summed E-state index contributed by atoms with van der Waals surface area (Å²) in [7, 11) is 3.22. The Labute approximate surface area is 119 Å². The lowest BCUT2D eigenvalue weighted by Gasteiger charge is -2.03. The van der Waals surface area contributed by atoms with E-state index in [1.807, 2.05) is 12.1 Å². The molecule has 20 heavy (non-hydrogen) atoms. The van der Waals surface area contributed by atoms with Crippen molar-refractivity contribution >= 4 is 21.6 Å². The summed E-state index contributed by atoms with van der Waals surface area (Å²) in [6, 6.07) is 9.99. The molecule has 3 nitrogen and oxygen atoms in total. The van der Waals surface area contributed by atoms with Gasteiger partial charge in [0.15, 0.2) is 0 Å². The average molecular weight is 289 g/mol. The number of ether oxygens (including phenoxy) is 2. The molecule has 0 spiro atoms. The third-order valence-electron chi connectivity index (χ3n) is 2.98. The largest absolute Gasteiger partial charge is 0.497 e. The Morgan fingerprint density at radius 3 is 2.45 bits per heavy atom. The lowest BCUT2D eigenvalue weighted by molar-refractivity contribution is 0.398. The lowest BCUT2D eigenvalue weighted by atomic mass is 10.2. The van der Waals surface area contributed by atoms with E-state index >= 15 is 0 Å². The Morgan fingerprint density at radius 2 is 1.80 bits per heavy atom. The van der Waals surface area contributed by atoms with Crippen LogP contribution in [0.15, 0.2) is 36.4 Å². The van der Waals surface area contributed by atoms with Crippen LogP contribution in [-0.2, 0) is 0 Å². The van der Waals surface area contributed by atoms with Gasteiger partial charge in [-0.1, -0.05) is 0 Å². The molecule has 0 atom stereocenters. The number of rotatable bonds is 3. The van der Waals surface area contributed by atoms with E-state index in [2.05, 4.69) is 4.98 Å². The van der Waals surface area contributed by atoms with Gasteiger partial charge in [0.2, 0.25) is 0 Å². The van der Waals surface area contributed by atoms with Crippen molar-refractivity contribution in [2.24, 2.45) is 0 Å². The number of nitrogens with zero attached hydrogens (tertiary/aromatic N) is 1. The van der Waals surface area contributed by atoms with Crippen LogP contribution in [0.4, 0.5) is 4.39 Å². The van der Waals surface area contributed by atoms with Crippen LogP contribution in [0.5, 0.6) is 11.5 Å². The molecule has 0 saturated carbocycles. The first kappa shape index (κ1) is 12.9. The van der Waals surface area contributed by atoms with Gasteiger partial charge in [0, 0.05) is 17.7 Å². The van der Waals surface area contributed by atoms with E-state index in [9.17, 15) is 4.39 Å². The van der Waals surface area contributed by atoms with E-state index in [-0.39, 0.29) is 5.82 Å². The number of methoxy groups -OCH3 is 2. The predicted octanol–water partition coefficient (Wildman–Crippen LogP) is 4.12. The van der Waals surface area contributed by atoms with Gasteiger partial charge in [-0.2, -0.15) is 0 Å². The van der Waals surface area contributed by atoms with Crippen LogP contribution < -0.4 is 9.47 Å². The van der Waals surface area contributed by atoms with Gasteiger partial charge in [0.25, 0.3) is 0 Å². The van der Waals surface area contributed by atoms with Crippen LogP contribution in [0.3, 0.4) is 0 Å². The minimum absolute atomic E-state index is 0.255. The molecule has 0 aliphatic carbocycles. The molecule has 0 N–H and O–H groups in total. The smallest absolute Gasteiger partial charge is 0.142 e. The van der Waals surface area contributed by atoms with Crippen LogP contribution in [0.25, 0.3) is 20.8 Å². The van der Waals surface area contributed by atoms with Crippen molar-refractivity contribution in [3.63, 3.8) is 0 Å². The summed E-state index contributed by atoms with van der Waals surface area (Å²) in [6.07, 6.45) is 0. The maximum Gasteiger partial charge on any atom is 0.142 e. The minimum Gasteiger partial charge on any atom is -0.497 e. The van der Waals surface area contributed by atoms with Crippen LogP contribution in [0, 0.1) is 5.82 Å². The monoisotopic (exact) mass is 289 g/mol. The topological polar surface area (TPSA) is 31.4 Å². The molecule has 0 saturated heterocycles. The van der Waals surface area contributed by atoms with E-state index in [4.69, 9.17) is 9.47 Å². The van der Waals surface area contributed by atoms with Crippen molar-refractivity contribution in [3.8, 4) is 22.1 Å². The number of halogens is 1. The van der Waals surface area contributed by atoms with Crippen molar-refractivity contribution in [3.05, 3.63) is 42.2 Å². The van der Waals surface area contributed by atoms with E-state index in [1.54, 1.807) is 26.4 Å². The van der Waals surface area contributed by atoms with Crippen molar-refractivity contribution in [1.82, 2.24) is 4.98 Å². The first-order valence-corrected chi connectivity index (χ1v) is 6.81. The zero-order valence-electron chi connectivity index (χ0n) is 11.0. The standard InChI is InChI=1S/C15H12FNO2S/c1-18-11-7-12-14(13(8-11)19-2)20-15(17-12)9-3-5-10(16)6-4-9/h3-8H,1-2H3. The fourth-order valence-electron chi connectivity index (χ4n) is 1.96. The molecule has 1 aromatic heterocycles. The SMILES string of the molecule is COc1cc(OC)c2sc(-c3ccc(F)cc3)nc2c1. The summed E-state index contributed by atoms with van der Waals surface area (Å²) in [4.78, 5) is 4.57. The van der Waals surface area contributed by atoms with Crippen LogP contribution >= 0.6 is 11.3 Å². The van der Waals surface area contributed by atoms with Gasteiger partial charge in [-0.3, -0.25) is 0 Å². The molecule has 1 heterocycles. The molecule has 0 unspecified atom stereocenters. The normalized spacial score (nSPS) is 10.8. The van der Waals surface area contributed by atoms with Gasteiger partial charge >= 0.3 is 0 Å². The van der Waals surface area contributed by atoms with Crippen LogP contribution in [-0.4, -0.2) is 19.2 Å². The molecule has 0 amide bonds. The second kappa shape index (κ2) is 5.09. The predicted molar refractivity (Wildman–Crippen MR) is 78.1 cm³/mol. The van der Waals surface area contributed by atoms with Gasteiger partial charge in [0.1, 0.15) is 22.3 Å². The maximum atomic E-state index is 13.0. The molecule has 0 fully saturated rings. The first-order valence-electron chi connectivity index (χ1n) is 6.00. The van der Waals surface area contributed by atoms with Crippen LogP contribution in [0.1, 0.15) is 0 Å². The molecule has 3 rings (SSSR count). The van der Waals surface area contributed by atoms with Gasteiger partial charge in [-0.15, -0.1) is 11.3 Å². The first-order chi connectivity index (χ1) is 9.71. The number of aromatic nitrogens is 1. The number of thiazole rings is 1. The lowest BCUT2D eigenvalue weighted by Crippen LogP contribution is -1.87. The molecule has 5 heteroatoms. The third kappa shape index (κ3) is 2.20. The fourth-order valence-corrected chi connectivity index (χ4v) is 3.01. The molecule has 3 aromatic rings. The number of hydrogen-bond acceptors (Lipinski definition) is 4. The highest BCUT2D eigenvalue weighted by atomic mass is 32.1. The highest BCUT2D eigenvalue weighted by Crippen LogP contribution is 2.38. The van der Waals surface area contributed by atoms with Crippen molar-refractivity contribution < 1.29 is 13.9 Å². The molecular formula is C15H12FNO2S. The van der Waals surface area contributed by atoms with E-state index in [0.29, 0.717) is 5.75 Å². The highest BCUT2D eigenvalue weighted by Gasteiger charge is 2.12. The number of fused-ring (bicyclic) bond motifs is 1. The number of hydrogen-bond donors (Lipinski definition) is 0. The zero-order chi connectivity index (χ0) is 14.1. The van der Waals surface area contributed by atoms with Crippen molar-refractivity contribution in [2.75, 3.05) is 14.2 Å². The quantitative estimate of drug-likeness (QED) is 0.727. The Bertz CT molecular complexity index is 752. The van der Waals surface area contributed by atoms with Crippen molar-refractivity contribution in [1.29, 1.82) is 0 Å². The summed E-state index contributed by atoms with van der Waals surface area (Å²) >= 11 is 1.51. The minimum atomic E-state index is -0.255. The Balaban J connectivity index is 2.16. The molecule has 0 bridgehead atoms. The Hall–Kier alpha value is -2.14. The second-order valence-corrected chi connectivity index (χ2v) is 5.20. The van der Waals surface area contributed by atoms with Gasteiger partial charge in [-0.05, 0) is 24.3 Å². The van der Waals surface area contributed by atoms with E-state index < -0.39 is 0 Å². The summed E-state index contributed by atoms with van der Waals surface area (Å²) < 4.78 is 24.5. The molecule has 0 radical (unpaired) electrons. The van der Waals surface area contributed by atoms with E-state index in [0.717, 1.165) is 26.5 Å². The van der Waals surface area contributed by atoms with Crippen LogP contribution in [0.2, 0.25) is 0 Å². The molecule has 0 aliphatic heterocycles. The molecular weight excluding hydrogens is 277 g/mol. The summed E-state index contributed by atoms with van der Waals surface area (Å²) in [5.41, 5.74) is 1.69. The molecule has 0 aliphatic rings. The summed E-state index contributed by atoms with van der Waals surface area (Å²) in [6.45, 7) is 0. The molecule has 102 valence electrons. The maximum absolute atomic E-state index is 13.0. The Morgan fingerprint density at radius 1 is 1.05 bits per heavy atom. The van der Waals surface area contributed by atoms with Gasteiger partial charge < -0.3 is 9.47 Å². The molecule has 2 aromatic carbocycles. The average Bonchev–Trinajstić information content (AvgIpc) is 2.90. The van der Waals surface area contributed by atoms with Gasteiger partial charge in [-0.25, -0.2) is 9.37 Å². The van der Waals surface area contributed by atoms with Gasteiger partial charge in [0.05, 0.1) is 24.4 Å². The summed E-state index contributed by atoms with van der Waals surface area (Å²) in [5, 5.41) is 0.826. The third-order valence-corrected chi connectivity index (χ3v) is 4.11. The highest BCUT2D eigenvalue weighted by molar-refractivity contribution is 7.22.